The lowest BCUT2D eigenvalue weighted by Gasteiger charge is -2.04. The van der Waals surface area contributed by atoms with Crippen LogP contribution in [0.3, 0.4) is 0 Å². The molecule has 0 heterocycles. The minimum absolute atomic E-state index is 0.141. The zero-order valence-electron chi connectivity index (χ0n) is 11.9. The average Bonchev–Trinajstić information content (AvgIpc) is 2.52. The minimum atomic E-state index is -0.505. The Bertz CT molecular complexity index is 733. The van der Waals surface area contributed by atoms with Crippen LogP contribution in [-0.4, -0.2) is 23.9 Å². The summed E-state index contributed by atoms with van der Waals surface area (Å²) in [7, 11) is 1.48. The van der Waals surface area contributed by atoms with E-state index >= 15 is 0 Å². The van der Waals surface area contributed by atoms with E-state index in [-0.39, 0.29) is 17.1 Å². The number of benzene rings is 2. The van der Waals surface area contributed by atoms with Crippen LogP contribution >= 0.6 is 0 Å². The number of hydrogen-bond donors (Lipinski definition) is 2. The lowest BCUT2D eigenvalue weighted by atomic mass is 10.1. The number of amides is 1. The van der Waals surface area contributed by atoms with Crippen molar-refractivity contribution in [3.63, 3.8) is 0 Å². The molecule has 0 aliphatic carbocycles. The van der Waals surface area contributed by atoms with Crippen molar-refractivity contribution < 1.29 is 19.4 Å². The number of carbonyl (C=O) groups is 2. The fraction of sp³-hybridized carbons (Fsp3) is 0.0588. The number of nitrogens with two attached hydrogens (primary N) is 1. The van der Waals surface area contributed by atoms with Gasteiger partial charge in [0, 0.05) is 11.6 Å². The third-order valence-electron chi connectivity index (χ3n) is 3.09. The van der Waals surface area contributed by atoms with Crippen molar-refractivity contribution >= 4 is 17.8 Å². The van der Waals surface area contributed by atoms with Crippen molar-refractivity contribution in [1.29, 1.82) is 0 Å². The summed E-state index contributed by atoms with van der Waals surface area (Å²) in [6.45, 7) is 0. The Labute approximate surface area is 127 Å². The molecule has 1 amide bonds. The van der Waals surface area contributed by atoms with Crippen LogP contribution in [0.5, 0.6) is 11.5 Å². The zero-order valence-corrected chi connectivity index (χ0v) is 11.9. The summed E-state index contributed by atoms with van der Waals surface area (Å²) in [5.74, 6) is -0.507. The summed E-state index contributed by atoms with van der Waals surface area (Å²) in [6, 6.07) is 11.0. The van der Waals surface area contributed by atoms with Crippen LogP contribution in [0.25, 0.3) is 6.08 Å². The second-order valence-electron chi connectivity index (χ2n) is 4.57. The van der Waals surface area contributed by atoms with Crippen molar-refractivity contribution in [2.75, 3.05) is 7.11 Å². The van der Waals surface area contributed by atoms with E-state index < -0.39 is 5.91 Å². The molecule has 0 unspecified atom stereocenters. The van der Waals surface area contributed by atoms with Crippen molar-refractivity contribution in [2.24, 2.45) is 5.73 Å². The fourth-order valence-electron chi connectivity index (χ4n) is 1.87. The fourth-order valence-corrected chi connectivity index (χ4v) is 1.87. The molecule has 0 aliphatic heterocycles. The number of ketones is 1. The molecule has 0 spiro atoms. The highest BCUT2D eigenvalue weighted by molar-refractivity contribution is 6.08. The number of primary amides is 1. The monoisotopic (exact) mass is 297 g/mol. The Morgan fingerprint density at radius 3 is 2.36 bits per heavy atom. The average molecular weight is 297 g/mol. The summed E-state index contributed by atoms with van der Waals surface area (Å²) in [4.78, 5) is 23.0. The van der Waals surface area contributed by atoms with Gasteiger partial charge in [-0.05, 0) is 35.9 Å². The highest BCUT2D eigenvalue weighted by Crippen LogP contribution is 2.24. The van der Waals surface area contributed by atoms with Crippen LogP contribution in [0.1, 0.15) is 26.3 Å². The third-order valence-corrected chi connectivity index (χ3v) is 3.09. The lowest BCUT2D eigenvalue weighted by molar-refractivity contribution is 0.0998. The summed E-state index contributed by atoms with van der Waals surface area (Å²) in [6.07, 6.45) is 2.94. The topological polar surface area (TPSA) is 89.6 Å². The quantitative estimate of drug-likeness (QED) is 0.655. The van der Waals surface area contributed by atoms with Gasteiger partial charge >= 0.3 is 0 Å². The summed E-state index contributed by atoms with van der Waals surface area (Å²) in [5, 5.41) is 9.80. The van der Waals surface area contributed by atoms with E-state index in [1.807, 2.05) is 0 Å². The number of phenols is 1. The van der Waals surface area contributed by atoms with E-state index in [0.717, 1.165) is 5.56 Å². The van der Waals surface area contributed by atoms with Gasteiger partial charge in [-0.1, -0.05) is 18.2 Å². The zero-order chi connectivity index (χ0) is 16.1. The molecule has 0 aliphatic rings. The number of phenolic OH excluding ortho intramolecular Hbond substituents is 1. The Morgan fingerprint density at radius 1 is 1.14 bits per heavy atom. The molecule has 0 atom stereocenters. The summed E-state index contributed by atoms with van der Waals surface area (Å²) in [5.41, 5.74) is 6.48. The second kappa shape index (κ2) is 6.58. The minimum Gasteiger partial charge on any atom is -0.507 e. The predicted molar refractivity (Wildman–Crippen MR) is 83.0 cm³/mol. The molecule has 0 saturated carbocycles. The van der Waals surface area contributed by atoms with Crippen LogP contribution < -0.4 is 10.5 Å². The molecule has 112 valence electrons. The Hall–Kier alpha value is -3.08. The molecule has 0 bridgehead atoms. The van der Waals surface area contributed by atoms with E-state index in [4.69, 9.17) is 10.5 Å². The molecule has 0 radical (unpaired) electrons. The summed E-state index contributed by atoms with van der Waals surface area (Å²) < 4.78 is 4.96. The van der Waals surface area contributed by atoms with Gasteiger partial charge in [-0.25, -0.2) is 0 Å². The highest BCUT2D eigenvalue weighted by atomic mass is 16.5. The number of rotatable bonds is 5. The van der Waals surface area contributed by atoms with E-state index in [9.17, 15) is 14.7 Å². The molecule has 2 aromatic carbocycles. The number of hydrogen-bond acceptors (Lipinski definition) is 4. The van der Waals surface area contributed by atoms with Gasteiger partial charge < -0.3 is 15.6 Å². The number of aromatic hydroxyl groups is 1. The molecular weight excluding hydrogens is 282 g/mol. The van der Waals surface area contributed by atoms with Gasteiger partial charge in [0.2, 0.25) is 5.91 Å². The van der Waals surface area contributed by atoms with Gasteiger partial charge in [0.05, 0.1) is 12.7 Å². The molecular formula is C17H15NO4. The van der Waals surface area contributed by atoms with Gasteiger partial charge in [-0.3, -0.25) is 9.59 Å². The first-order valence-electron chi connectivity index (χ1n) is 6.50. The van der Waals surface area contributed by atoms with E-state index in [1.54, 1.807) is 36.4 Å². The Kier molecular flexibility index (Phi) is 4.58. The maximum absolute atomic E-state index is 12.1. The molecule has 5 heteroatoms. The molecule has 5 nitrogen and oxygen atoms in total. The maximum atomic E-state index is 12.1. The number of methoxy groups -OCH3 is 1. The SMILES string of the molecule is COc1ccc(C(=O)/C=C/c2ccc(C(N)=O)cc2)c(O)c1. The predicted octanol–water partition coefficient (Wildman–Crippen LogP) is 2.40. The second-order valence-corrected chi connectivity index (χ2v) is 4.57. The largest absolute Gasteiger partial charge is 0.507 e. The van der Waals surface area contributed by atoms with Gasteiger partial charge in [0.25, 0.3) is 0 Å². The normalized spacial score (nSPS) is 10.6. The van der Waals surface area contributed by atoms with Crippen LogP contribution in [0, 0.1) is 0 Å². The first-order chi connectivity index (χ1) is 10.5. The molecule has 3 N–H and O–H groups in total. The van der Waals surface area contributed by atoms with Crippen LogP contribution in [-0.2, 0) is 0 Å². The molecule has 0 aromatic heterocycles. The van der Waals surface area contributed by atoms with Gasteiger partial charge in [-0.15, -0.1) is 0 Å². The van der Waals surface area contributed by atoms with E-state index in [1.165, 1.54) is 25.3 Å². The molecule has 2 aromatic rings. The van der Waals surface area contributed by atoms with Crippen LogP contribution in [0.2, 0.25) is 0 Å². The number of ether oxygens (including phenoxy) is 1. The molecule has 2 rings (SSSR count). The number of allylic oxidation sites excluding steroid dienone is 1. The van der Waals surface area contributed by atoms with Crippen molar-refractivity contribution in [3.05, 3.63) is 65.2 Å². The van der Waals surface area contributed by atoms with E-state index in [2.05, 4.69) is 0 Å². The lowest BCUT2D eigenvalue weighted by Crippen LogP contribution is -2.10. The van der Waals surface area contributed by atoms with Gasteiger partial charge in [-0.2, -0.15) is 0 Å². The summed E-state index contributed by atoms with van der Waals surface area (Å²) >= 11 is 0. The smallest absolute Gasteiger partial charge is 0.248 e. The Morgan fingerprint density at radius 2 is 1.82 bits per heavy atom. The van der Waals surface area contributed by atoms with Crippen molar-refractivity contribution in [2.45, 2.75) is 0 Å². The maximum Gasteiger partial charge on any atom is 0.248 e. The van der Waals surface area contributed by atoms with E-state index in [0.29, 0.717) is 11.3 Å². The first kappa shape index (κ1) is 15.3. The standard InChI is InChI=1S/C17H15NO4/c1-22-13-7-8-14(16(20)10-13)15(19)9-4-11-2-5-12(6-3-11)17(18)21/h2-10,20H,1H3,(H2,18,21)/b9-4+. The van der Waals surface area contributed by atoms with Crippen molar-refractivity contribution in [1.82, 2.24) is 0 Å². The molecule has 22 heavy (non-hydrogen) atoms. The third kappa shape index (κ3) is 3.52. The number of carbonyl (C=O) groups excluding carboxylic acids is 2. The molecule has 0 saturated heterocycles. The Balaban J connectivity index is 2.15. The van der Waals surface area contributed by atoms with Gasteiger partial charge in [0.15, 0.2) is 5.78 Å². The van der Waals surface area contributed by atoms with Crippen LogP contribution in [0.15, 0.2) is 48.5 Å². The van der Waals surface area contributed by atoms with Gasteiger partial charge in [0.1, 0.15) is 11.5 Å². The highest BCUT2D eigenvalue weighted by Gasteiger charge is 2.09. The molecule has 0 fully saturated rings. The van der Waals surface area contributed by atoms with Crippen LogP contribution in [0.4, 0.5) is 0 Å². The first-order valence-corrected chi connectivity index (χ1v) is 6.50. The van der Waals surface area contributed by atoms with Crippen molar-refractivity contribution in [3.8, 4) is 11.5 Å².